The number of hydrogen-bond donors (Lipinski definition) is 0. The van der Waals surface area contributed by atoms with Gasteiger partial charge in [0.2, 0.25) is 0 Å². The molecule has 0 N–H and O–H groups in total. The maximum Gasteiger partial charge on any atom is 0.180 e. The van der Waals surface area contributed by atoms with Crippen LogP contribution in [0.2, 0.25) is 0 Å². The Morgan fingerprint density at radius 1 is 0.377 bits per heavy atom. The van der Waals surface area contributed by atoms with Gasteiger partial charge in [-0.3, -0.25) is 0 Å². The van der Waals surface area contributed by atoms with Gasteiger partial charge in [0.25, 0.3) is 0 Å². The second kappa shape index (κ2) is 23.4. The van der Waals surface area contributed by atoms with Crippen molar-refractivity contribution in [1.82, 2.24) is 0 Å². The second-order valence-corrected chi connectivity index (χ2v) is 21.3. The Bertz CT molecular complexity index is 1810. The monoisotopic (exact) mass is 964 g/mol. The van der Waals surface area contributed by atoms with Gasteiger partial charge in [-0.15, -0.1) is 23.2 Å². The van der Waals surface area contributed by atoms with Crippen LogP contribution in [0.4, 0.5) is 0 Å². The molecule has 7 rings (SSSR count). The Labute approximate surface area is 342 Å². The van der Waals surface area contributed by atoms with Crippen molar-refractivity contribution in [3.63, 3.8) is 0 Å². The summed E-state index contributed by atoms with van der Waals surface area (Å²) in [6.45, 7) is -2.21. The van der Waals surface area contributed by atoms with Crippen LogP contribution in [-0.4, -0.2) is 13.4 Å². The summed E-state index contributed by atoms with van der Waals surface area (Å²) in [5.41, 5.74) is 0. The second-order valence-electron chi connectivity index (χ2n) is 11.2. The Morgan fingerprint density at radius 3 is 0.925 bits per heavy atom. The summed E-state index contributed by atoms with van der Waals surface area (Å²) < 4.78 is 0. The zero-order chi connectivity index (χ0) is 33.1. The van der Waals surface area contributed by atoms with Crippen LogP contribution in [0.15, 0.2) is 211 Å². The fourth-order valence-electron chi connectivity index (χ4n) is 6.55. The molecule has 0 saturated heterocycles. The van der Waals surface area contributed by atoms with Gasteiger partial charge in [0, 0.05) is 25.3 Å². The third-order valence-electron chi connectivity index (χ3n) is 8.51. The van der Waals surface area contributed by atoms with E-state index in [0.717, 1.165) is 0 Å². The summed E-state index contributed by atoms with van der Waals surface area (Å²) in [5, 5.41) is 9.89. The molecule has 0 atom stereocenters. The Kier molecular flexibility index (Phi) is 21.0. The van der Waals surface area contributed by atoms with Crippen molar-refractivity contribution in [1.29, 1.82) is 0 Å². The molecule has 0 amide bonds. The van der Waals surface area contributed by atoms with Crippen LogP contribution in [0.25, 0.3) is 0 Å². The zero-order valence-electron chi connectivity index (χ0n) is 28.5. The summed E-state index contributed by atoms with van der Waals surface area (Å²) in [4.78, 5) is 1.34. The van der Waals surface area contributed by atoms with Crippen LogP contribution in [0, 0.1) is 0 Å². The molecule has 275 valence electrons. The largest absolute Gasteiger partial charge is 2.00 e. The minimum Gasteiger partial charge on any atom is -2.00 e. The number of alkyl halides is 2. The molecule has 10 heteroatoms. The maximum absolute atomic E-state index is 4.76. The maximum atomic E-state index is 4.76. The van der Waals surface area contributed by atoms with Gasteiger partial charge in [0.1, 0.15) is 15.9 Å². The molecule has 0 aromatic heterocycles. The number of hydrogen-bond acceptors (Lipinski definition) is 1. The molecule has 0 spiro atoms. The summed E-state index contributed by atoms with van der Waals surface area (Å²) in [6.07, 6.45) is 0. The first-order valence-electron chi connectivity index (χ1n) is 15.9. The van der Waals surface area contributed by atoms with Crippen LogP contribution in [0.5, 0.6) is 0 Å². The van der Waals surface area contributed by atoms with Gasteiger partial charge in [-0.2, -0.15) is 0 Å². The van der Waals surface area contributed by atoms with Crippen molar-refractivity contribution in [2.75, 3.05) is 5.34 Å². The van der Waals surface area contributed by atoms with Gasteiger partial charge in [0.15, 0.2) is 14.5 Å². The first-order valence-corrected chi connectivity index (χ1v) is 22.2. The van der Waals surface area contributed by atoms with E-state index in [4.69, 9.17) is 23.2 Å². The van der Waals surface area contributed by atoms with Gasteiger partial charge >= 0.3 is 0 Å². The number of benzene rings is 7. The predicted octanol–water partition coefficient (Wildman–Crippen LogP) is 8.01. The smallest absolute Gasteiger partial charge is 0.180 e. The minimum absolute atomic E-state index is 0. The molecule has 0 bridgehead atoms. The quantitative estimate of drug-likeness (QED) is 0.0621. The van der Waals surface area contributed by atoms with E-state index in [1.165, 1.54) is 41.6 Å². The van der Waals surface area contributed by atoms with E-state index in [-0.39, 0.29) is 47.7 Å². The predicted molar refractivity (Wildman–Crippen MR) is 220 cm³/mol. The molecular formula is C43H36Cl2O4PReSSi-7. The molecule has 0 aliphatic heterocycles. The van der Waals surface area contributed by atoms with Gasteiger partial charge < -0.3 is 21.9 Å². The van der Waals surface area contributed by atoms with Gasteiger partial charge in [0.05, 0.1) is 16.7 Å². The molecule has 1 radical (unpaired) electrons. The number of rotatable bonds is 9. The van der Waals surface area contributed by atoms with Crippen molar-refractivity contribution >= 4 is 85.8 Å². The summed E-state index contributed by atoms with van der Waals surface area (Å²) >= 11 is 11.6. The standard InChI is InChI=1S/C42H34PSSi.CH2Cl2.4O.Re/c1-7-21-35(22-8-1)43(36-23-9-2-10-24-36,37-25-11-3-12-26-37)44-41-33-19-20-34-42(41)45(38-27-13-4-14-28-38,39-29-15-5-16-30-39)40-31-17-6-18-32-40;2-1-3;;;;;/h1-34H;1H2;;;;;/q+1;;4*-2;. The van der Waals surface area contributed by atoms with E-state index >= 15 is 0 Å². The first-order chi connectivity index (χ1) is 23.7. The molecule has 0 aliphatic carbocycles. The Hall–Kier alpha value is -3.38. The molecule has 53 heavy (non-hydrogen) atoms. The van der Waals surface area contributed by atoms with Crippen LogP contribution >= 0.6 is 41.0 Å². The average Bonchev–Trinajstić information content (AvgIpc) is 3.17. The first kappa shape index (κ1) is 47.6. The molecule has 0 aliphatic rings. The van der Waals surface area contributed by atoms with Gasteiger partial charge in [-0.05, 0) is 63.2 Å². The van der Waals surface area contributed by atoms with E-state index in [1.54, 1.807) is 0 Å². The molecule has 7 aromatic rings. The SMILES string of the molecule is ClCCl.[O-2].[O-2].[O-2].[O-2].[Re].c1ccc([Si](c2ccccc2)(c2ccccc2)c2ccccc2S[P+](c2ccccc2)(c2ccccc2)c2ccccc2)cc1. The van der Waals surface area contributed by atoms with Gasteiger partial charge in [-0.25, -0.2) is 0 Å². The van der Waals surface area contributed by atoms with Crippen molar-refractivity contribution in [2.45, 2.75) is 4.90 Å². The molecule has 4 nitrogen and oxygen atoms in total. The van der Waals surface area contributed by atoms with Gasteiger partial charge in [-0.1, -0.05) is 164 Å². The van der Waals surface area contributed by atoms with Crippen LogP contribution in [0.3, 0.4) is 0 Å². The van der Waals surface area contributed by atoms with Crippen molar-refractivity contribution in [2.24, 2.45) is 0 Å². The minimum atomic E-state index is -2.75. The topological polar surface area (TPSA) is 114 Å². The summed E-state index contributed by atoms with van der Waals surface area (Å²) in [6, 6.07) is 76.5. The number of halogens is 2. The normalized spacial score (nSPS) is 10.2. The van der Waals surface area contributed by atoms with E-state index in [9.17, 15) is 0 Å². The van der Waals surface area contributed by atoms with Crippen LogP contribution in [-0.2, 0) is 42.3 Å². The summed E-state index contributed by atoms with van der Waals surface area (Å²) in [5.74, 6) is 0. The van der Waals surface area contributed by atoms with Crippen LogP contribution in [0.1, 0.15) is 0 Å². The molecule has 7 aromatic carbocycles. The average molecular weight is 965 g/mol. The molecule has 0 unspecified atom stereocenters. The van der Waals surface area contributed by atoms with E-state index in [2.05, 4.69) is 218 Å². The van der Waals surface area contributed by atoms with Crippen molar-refractivity contribution < 1.29 is 42.3 Å². The van der Waals surface area contributed by atoms with E-state index in [0.29, 0.717) is 0 Å². The molecule has 0 heterocycles. The zero-order valence-corrected chi connectivity index (χ0v) is 35.4. The molecule has 0 saturated carbocycles. The van der Waals surface area contributed by atoms with E-state index < -0.39 is 14.5 Å². The van der Waals surface area contributed by atoms with Crippen molar-refractivity contribution in [3.05, 3.63) is 206 Å². The van der Waals surface area contributed by atoms with E-state index in [1.807, 2.05) is 0 Å². The fraction of sp³-hybridized carbons (Fsp3) is 0.0233. The van der Waals surface area contributed by atoms with Crippen LogP contribution < -0.4 is 36.7 Å². The fourth-order valence-corrected chi connectivity index (χ4v) is 19.2. The Morgan fingerprint density at radius 2 is 0.623 bits per heavy atom. The summed E-state index contributed by atoms with van der Waals surface area (Å²) in [7, 11) is -2.75. The van der Waals surface area contributed by atoms with Crippen molar-refractivity contribution in [3.8, 4) is 0 Å². The third-order valence-corrected chi connectivity index (χ3v) is 20.7. The molecular weight excluding hydrogens is 929 g/mol. The molecule has 0 fully saturated rings. The Balaban J connectivity index is 0.00000170. The third kappa shape index (κ3) is 10.0.